The third kappa shape index (κ3) is 7.13. The fourth-order valence-corrected chi connectivity index (χ4v) is 1.43. The van der Waals surface area contributed by atoms with Gasteiger partial charge in [-0.05, 0) is 24.0 Å². The van der Waals surface area contributed by atoms with Crippen LogP contribution in [-0.4, -0.2) is 0 Å². The topological polar surface area (TPSA) is 0 Å². The van der Waals surface area contributed by atoms with E-state index in [-0.39, 0.29) is 21.1 Å². The maximum absolute atomic E-state index is 2.16. The zero-order valence-electron chi connectivity index (χ0n) is 10.6. The fraction of sp³-hybridized carbons (Fsp3) is 0.250. The van der Waals surface area contributed by atoms with Gasteiger partial charge < -0.3 is 0 Å². The zero-order valence-corrected chi connectivity index (χ0v) is 12.6. The Labute approximate surface area is 119 Å². The van der Waals surface area contributed by atoms with Crippen LogP contribution < -0.4 is 0 Å². The molecule has 0 heterocycles. The monoisotopic (exact) mass is 310 g/mol. The van der Waals surface area contributed by atoms with Gasteiger partial charge in [0.1, 0.15) is 0 Å². The zero-order chi connectivity index (χ0) is 11.6. The van der Waals surface area contributed by atoms with Gasteiger partial charge >= 0.3 is 21.1 Å². The van der Waals surface area contributed by atoms with Crippen molar-refractivity contribution in [1.82, 2.24) is 0 Å². The van der Waals surface area contributed by atoms with Gasteiger partial charge in [-0.1, -0.05) is 74.5 Å². The van der Waals surface area contributed by atoms with Gasteiger partial charge in [-0.25, -0.2) is 0 Å². The van der Waals surface area contributed by atoms with E-state index in [1.165, 1.54) is 11.1 Å². The average Bonchev–Trinajstić information content (AvgIpc) is 2.41. The molecule has 0 atom stereocenters. The van der Waals surface area contributed by atoms with Crippen LogP contribution in [0.2, 0.25) is 0 Å². The predicted octanol–water partition coefficient (Wildman–Crippen LogP) is 4.50. The molecule has 0 saturated heterocycles. The van der Waals surface area contributed by atoms with E-state index in [2.05, 4.69) is 62.4 Å². The first-order chi connectivity index (χ1) is 7.86. The molecule has 0 radical (unpaired) electrons. The maximum Gasteiger partial charge on any atom is 2.00 e. The van der Waals surface area contributed by atoms with E-state index in [0.29, 0.717) is 0 Å². The molecule has 2 aromatic rings. The summed E-state index contributed by atoms with van der Waals surface area (Å²) in [5.74, 6) is 0. The molecule has 2 aromatic carbocycles. The van der Waals surface area contributed by atoms with E-state index in [0.717, 1.165) is 12.8 Å². The first-order valence-corrected chi connectivity index (χ1v) is 5.94. The molecule has 0 aliphatic heterocycles. The van der Waals surface area contributed by atoms with Gasteiger partial charge in [-0.2, -0.15) is 0 Å². The minimum Gasteiger partial charge on any atom is -0.0622 e. The standard InChI is InChI=1S/2C8H10.Mo/c2*1-2-8-6-4-3-5-7-8;/h2*3-7H,2H2,1H3;/q;;+2. The molecule has 0 saturated carbocycles. The predicted molar refractivity (Wildman–Crippen MR) is 71.6 cm³/mol. The molecule has 0 nitrogen and oxygen atoms in total. The quantitative estimate of drug-likeness (QED) is 0.717. The Morgan fingerprint density at radius 1 is 0.588 bits per heavy atom. The molecule has 17 heavy (non-hydrogen) atoms. The van der Waals surface area contributed by atoms with Crippen LogP contribution in [0.25, 0.3) is 0 Å². The second-order valence-corrected chi connectivity index (χ2v) is 3.68. The van der Waals surface area contributed by atoms with Gasteiger partial charge in [0.25, 0.3) is 0 Å². The Morgan fingerprint density at radius 3 is 1.06 bits per heavy atom. The number of benzene rings is 2. The minimum atomic E-state index is 0. The van der Waals surface area contributed by atoms with Crippen molar-refractivity contribution in [2.45, 2.75) is 26.7 Å². The van der Waals surface area contributed by atoms with Gasteiger partial charge in [0.15, 0.2) is 0 Å². The smallest absolute Gasteiger partial charge is 0.0622 e. The number of hydrogen-bond acceptors (Lipinski definition) is 0. The summed E-state index contributed by atoms with van der Waals surface area (Å²) in [6.07, 6.45) is 2.28. The van der Waals surface area contributed by atoms with Crippen molar-refractivity contribution in [3.8, 4) is 0 Å². The first-order valence-electron chi connectivity index (χ1n) is 5.94. The van der Waals surface area contributed by atoms with E-state index < -0.39 is 0 Å². The largest absolute Gasteiger partial charge is 2.00 e. The van der Waals surface area contributed by atoms with E-state index >= 15 is 0 Å². The van der Waals surface area contributed by atoms with E-state index in [1.807, 2.05) is 12.1 Å². The van der Waals surface area contributed by atoms with Crippen LogP contribution in [0.4, 0.5) is 0 Å². The van der Waals surface area contributed by atoms with Crippen LogP contribution in [-0.2, 0) is 33.9 Å². The normalized spacial score (nSPS) is 8.59. The molecular formula is C16H20Mo+2. The third-order valence-corrected chi connectivity index (χ3v) is 2.50. The van der Waals surface area contributed by atoms with Crippen molar-refractivity contribution in [1.29, 1.82) is 0 Å². The summed E-state index contributed by atoms with van der Waals surface area (Å²) in [5.41, 5.74) is 2.82. The Kier molecular flexibility index (Phi) is 9.77. The summed E-state index contributed by atoms with van der Waals surface area (Å²) in [5, 5.41) is 0. The second-order valence-electron chi connectivity index (χ2n) is 3.68. The molecular weight excluding hydrogens is 288 g/mol. The molecule has 1 heteroatoms. The minimum absolute atomic E-state index is 0. The Bertz CT molecular complexity index is 328. The van der Waals surface area contributed by atoms with Crippen LogP contribution >= 0.6 is 0 Å². The maximum atomic E-state index is 2.16. The van der Waals surface area contributed by atoms with Crippen LogP contribution in [0.5, 0.6) is 0 Å². The number of aryl methyl sites for hydroxylation is 2. The summed E-state index contributed by atoms with van der Waals surface area (Å²) >= 11 is 0. The van der Waals surface area contributed by atoms with Crippen molar-refractivity contribution < 1.29 is 21.1 Å². The van der Waals surface area contributed by atoms with Crippen molar-refractivity contribution in [2.24, 2.45) is 0 Å². The van der Waals surface area contributed by atoms with E-state index in [9.17, 15) is 0 Å². The molecule has 88 valence electrons. The molecule has 0 aliphatic carbocycles. The summed E-state index contributed by atoms with van der Waals surface area (Å²) < 4.78 is 0. The molecule has 0 N–H and O–H groups in total. The molecule has 0 fully saturated rings. The van der Waals surface area contributed by atoms with Gasteiger partial charge in [0.2, 0.25) is 0 Å². The number of hydrogen-bond donors (Lipinski definition) is 0. The van der Waals surface area contributed by atoms with Gasteiger partial charge in [-0.15, -0.1) is 0 Å². The van der Waals surface area contributed by atoms with E-state index in [1.54, 1.807) is 0 Å². The summed E-state index contributed by atoms with van der Waals surface area (Å²) in [7, 11) is 0. The van der Waals surface area contributed by atoms with Crippen molar-refractivity contribution in [2.75, 3.05) is 0 Å². The van der Waals surface area contributed by atoms with E-state index in [4.69, 9.17) is 0 Å². The van der Waals surface area contributed by atoms with Crippen molar-refractivity contribution >= 4 is 0 Å². The SMILES string of the molecule is CCc1ccccc1.CCc1ccccc1.[Mo+2]. The Hall–Kier alpha value is -0.872. The Balaban J connectivity index is 0.000000284. The van der Waals surface area contributed by atoms with Crippen LogP contribution in [0.1, 0.15) is 25.0 Å². The fourth-order valence-electron chi connectivity index (χ4n) is 1.43. The molecule has 2 rings (SSSR count). The number of rotatable bonds is 2. The summed E-state index contributed by atoms with van der Waals surface area (Å²) in [6, 6.07) is 20.9. The average molecular weight is 308 g/mol. The molecule has 0 unspecified atom stereocenters. The second kappa shape index (κ2) is 10.3. The summed E-state index contributed by atoms with van der Waals surface area (Å²) in [6.45, 7) is 4.32. The third-order valence-electron chi connectivity index (χ3n) is 2.50. The summed E-state index contributed by atoms with van der Waals surface area (Å²) in [4.78, 5) is 0. The van der Waals surface area contributed by atoms with Crippen molar-refractivity contribution in [3.05, 3.63) is 71.8 Å². The first kappa shape index (κ1) is 16.1. The molecule has 0 spiro atoms. The Morgan fingerprint density at radius 2 is 0.882 bits per heavy atom. The molecule has 0 aromatic heterocycles. The molecule has 0 amide bonds. The van der Waals surface area contributed by atoms with Gasteiger partial charge in [0.05, 0.1) is 0 Å². The van der Waals surface area contributed by atoms with Gasteiger partial charge in [-0.3, -0.25) is 0 Å². The van der Waals surface area contributed by atoms with Crippen LogP contribution in [0.3, 0.4) is 0 Å². The van der Waals surface area contributed by atoms with Crippen LogP contribution in [0.15, 0.2) is 60.7 Å². The van der Waals surface area contributed by atoms with Crippen LogP contribution in [0, 0.1) is 0 Å². The molecule has 0 aliphatic rings. The van der Waals surface area contributed by atoms with Gasteiger partial charge in [0, 0.05) is 0 Å². The van der Waals surface area contributed by atoms with Crippen molar-refractivity contribution in [3.63, 3.8) is 0 Å². The molecule has 0 bridgehead atoms.